The van der Waals surface area contributed by atoms with Gasteiger partial charge >= 0.3 is 5.97 Å². The molecule has 0 saturated carbocycles. The van der Waals surface area contributed by atoms with Crippen molar-refractivity contribution in [3.05, 3.63) is 16.8 Å². The van der Waals surface area contributed by atoms with E-state index in [9.17, 15) is 4.79 Å². The quantitative estimate of drug-likeness (QED) is 0.921. The molecule has 1 fully saturated rings. The number of carbonyl (C=O) groups is 1. The van der Waals surface area contributed by atoms with Crippen LogP contribution in [0.1, 0.15) is 23.3 Å². The zero-order chi connectivity index (χ0) is 14.3. The van der Waals surface area contributed by atoms with E-state index in [2.05, 4.69) is 28.7 Å². The maximum absolute atomic E-state index is 11.0. The van der Waals surface area contributed by atoms with Gasteiger partial charge in [0.1, 0.15) is 17.0 Å². The minimum Gasteiger partial charge on any atom is -0.481 e. The second-order valence-corrected chi connectivity index (χ2v) is 6.46. The second-order valence-electron chi connectivity index (χ2n) is 5.26. The topological polar surface area (TPSA) is 66.3 Å². The van der Waals surface area contributed by atoms with Gasteiger partial charge in [-0.15, -0.1) is 11.3 Å². The van der Waals surface area contributed by atoms with Crippen LogP contribution in [0.15, 0.2) is 6.33 Å². The summed E-state index contributed by atoms with van der Waals surface area (Å²) in [7, 11) is 0. The Morgan fingerprint density at radius 3 is 2.70 bits per heavy atom. The summed E-state index contributed by atoms with van der Waals surface area (Å²) in [4.78, 5) is 24.3. The van der Waals surface area contributed by atoms with Crippen molar-refractivity contribution in [2.24, 2.45) is 5.92 Å². The standard InChI is InChI=1S/C14H17N3O2S/c1-8-9(2)20-13-11(8)12(15-7-16-13)17-5-3-10(4-6-17)14(18)19/h7,10H,3-6H2,1-2H3,(H,18,19). The van der Waals surface area contributed by atoms with Crippen LogP contribution in [0.3, 0.4) is 0 Å². The molecule has 0 atom stereocenters. The molecule has 5 nitrogen and oxygen atoms in total. The van der Waals surface area contributed by atoms with E-state index in [1.165, 1.54) is 10.4 Å². The van der Waals surface area contributed by atoms with E-state index in [1.54, 1.807) is 17.7 Å². The molecule has 0 unspecified atom stereocenters. The van der Waals surface area contributed by atoms with Crippen LogP contribution < -0.4 is 4.90 Å². The summed E-state index contributed by atoms with van der Waals surface area (Å²) < 4.78 is 0. The summed E-state index contributed by atoms with van der Waals surface area (Å²) >= 11 is 1.69. The molecule has 6 heteroatoms. The van der Waals surface area contributed by atoms with Crippen LogP contribution in [0.5, 0.6) is 0 Å². The number of hydrogen-bond acceptors (Lipinski definition) is 5. The fraction of sp³-hybridized carbons (Fsp3) is 0.500. The highest BCUT2D eigenvalue weighted by Crippen LogP contribution is 2.35. The monoisotopic (exact) mass is 291 g/mol. The van der Waals surface area contributed by atoms with Crippen LogP contribution in [0.25, 0.3) is 10.2 Å². The van der Waals surface area contributed by atoms with E-state index >= 15 is 0 Å². The third-order valence-electron chi connectivity index (χ3n) is 4.09. The van der Waals surface area contributed by atoms with Gasteiger partial charge in [0.2, 0.25) is 0 Å². The van der Waals surface area contributed by atoms with E-state index in [1.807, 2.05) is 0 Å². The number of nitrogens with zero attached hydrogens (tertiary/aromatic N) is 3. The molecule has 3 rings (SSSR count). The van der Waals surface area contributed by atoms with Crippen molar-refractivity contribution in [1.82, 2.24) is 9.97 Å². The number of thiophene rings is 1. The van der Waals surface area contributed by atoms with E-state index in [0.717, 1.165) is 29.1 Å². The van der Waals surface area contributed by atoms with E-state index in [0.29, 0.717) is 12.8 Å². The SMILES string of the molecule is Cc1sc2ncnc(N3CCC(C(=O)O)CC3)c2c1C. The zero-order valence-electron chi connectivity index (χ0n) is 11.6. The van der Waals surface area contributed by atoms with Gasteiger partial charge < -0.3 is 10.0 Å². The predicted molar refractivity (Wildman–Crippen MR) is 79.5 cm³/mol. The normalized spacial score (nSPS) is 16.8. The van der Waals surface area contributed by atoms with Crippen molar-refractivity contribution in [3.63, 3.8) is 0 Å². The van der Waals surface area contributed by atoms with Gasteiger partial charge in [0, 0.05) is 18.0 Å². The zero-order valence-corrected chi connectivity index (χ0v) is 12.4. The Morgan fingerprint density at radius 1 is 1.35 bits per heavy atom. The molecule has 2 aromatic rings. The Labute approximate surface area is 121 Å². The highest BCUT2D eigenvalue weighted by molar-refractivity contribution is 7.18. The number of aromatic nitrogens is 2. The lowest BCUT2D eigenvalue weighted by Crippen LogP contribution is -2.36. The number of anilines is 1. The summed E-state index contributed by atoms with van der Waals surface area (Å²) in [6.45, 7) is 5.70. The molecule has 0 bridgehead atoms. The molecule has 0 spiro atoms. The molecule has 0 radical (unpaired) electrons. The number of carboxylic acid groups (broad SMARTS) is 1. The highest BCUT2D eigenvalue weighted by atomic mass is 32.1. The molecule has 1 N–H and O–H groups in total. The van der Waals surface area contributed by atoms with Gasteiger partial charge in [-0.25, -0.2) is 9.97 Å². The first kappa shape index (κ1) is 13.3. The minimum absolute atomic E-state index is 0.214. The van der Waals surface area contributed by atoms with Crippen molar-refractivity contribution in [2.45, 2.75) is 26.7 Å². The fourth-order valence-corrected chi connectivity index (χ4v) is 3.73. The van der Waals surface area contributed by atoms with Gasteiger partial charge in [-0.3, -0.25) is 4.79 Å². The van der Waals surface area contributed by atoms with Crippen molar-refractivity contribution in [1.29, 1.82) is 0 Å². The number of rotatable bonds is 2. The Kier molecular flexibility index (Phi) is 3.33. The number of piperidine rings is 1. The number of aliphatic carboxylic acids is 1. The largest absolute Gasteiger partial charge is 0.481 e. The molecule has 2 aromatic heterocycles. The average Bonchev–Trinajstić information content (AvgIpc) is 2.74. The predicted octanol–water partition coefficient (Wildman–Crippen LogP) is 2.61. The summed E-state index contributed by atoms with van der Waals surface area (Å²) in [5, 5.41) is 10.2. The maximum Gasteiger partial charge on any atom is 0.306 e. The molecule has 1 aliphatic heterocycles. The summed E-state index contributed by atoms with van der Waals surface area (Å²) in [6, 6.07) is 0. The van der Waals surface area contributed by atoms with Crippen LogP contribution >= 0.6 is 11.3 Å². The Morgan fingerprint density at radius 2 is 2.05 bits per heavy atom. The van der Waals surface area contributed by atoms with Gasteiger partial charge in [0.25, 0.3) is 0 Å². The molecule has 20 heavy (non-hydrogen) atoms. The summed E-state index contributed by atoms with van der Waals surface area (Å²) in [6.07, 6.45) is 2.97. The first-order valence-electron chi connectivity index (χ1n) is 6.76. The van der Waals surface area contributed by atoms with Gasteiger partial charge in [-0.1, -0.05) is 0 Å². The average molecular weight is 291 g/mol. The molecule has 1 saturated heterocycles. The van der Waals surface area contributed by atoms with E-state index in [4.69, 9.17) is 5.11 Å². The smallest absolute Gasteiger partial charge is 0.306 e. The van der Waals surface area contributed by atoms with Gasteiger partial charge in [0.15, 0.2) is 0 Å². The molecular formula is C14H17N3O2S. The second kappa shape index (κ2) is 5.01. The van der Waals surface area contributed by atoms with Crippen LogP contribution in [-0.4, -0.2) is 34.1 Å². The van der Waals surface area contributed by atoms with E-state index < -0.39 is 5.97 Å². The Balaban J connectivity index is 1.94. The van der Waals surface area contributed by atoms with Gasteiger partial charge in [-0.2, -0.15) is 0 Å². The molecule has 0 aromatic carbocycles. The van der Waals surface area contributed by atoms with Gasteiger partial charge in [0.05, 0.1) is 11.3 Å². The van der Waals surface area contributed by atoms with Crippen molar-refractivity contribution in [3.8, 4) is 0 Å². The lowest BCUT2D eigenvalue weighted by Gasteiger charge is -2.31. The molecule has 0 aliphatic carbocycles. The third-order valence-corrected chi connectivity index (χ3v) is 5.20. The number of carboxylic acids is 1. The first-order chi connectivity index (χ1) is 9.58. The third kappa shape index (κ3) is 2.14. The first-order valence-corrected chi connectivity index (χ1v) is 7.58. The van der Waals surface area contributed by atoms with Crippen LogP contribution in [0.4, 0.5) is 5.82 Å². The molecule has 0 amide bonds. The lowest BCUT2D eigenvalue weighted by molar-refractivity contribution is -0.142. The Bertz CT molecular complexity index is 660. The number of aryl methyl sites for hydroxylation is 2. The van der Waals surface area contributed by atoms with E-state index in [-0.39, 0.29) is 5.92 Å². The lowest BCUT2D eigenvalue weighted by atomic mass is 9.97. The highest BCUT2D eigenvalue weighted by Gasteiger charge is 2.26. The van der Waals surface area contributed by atoms with Gasteiger partial charge in [-0.05, 0) is 32.3 Å². The van der Waals surface area contributed by atoms with Crippen LogP contribution in [0, 0.1) is 19.8 Å². The number of hydrogen-bond donors (Lipinski definition) is 1. The maximum atomic E-state index is 11.0. The Hall–Kier alpha value is -1.69. The van der Waals surface area contributed by atoms with Crippen LogP contribution in [-0.2, 0) is 4.79 Å². The minimum atomic E-state index is -0.681. The fourth-order valence-electron chi connectivity index (χ4n) is 2.74. The van der Waals surface area contributed by atoms with Crippen LogP contribution in [0.2, 0.25) is 0 Å². The molecule has 106 valence electrons. The van der Waals surface area contributed by atoms with Crippen molar-refractivity contribution >= 4 is 33.3 Å². The van der Waals surface area contributed by atoms with Crippen molar-refractivity contribution in [2.75, 3.05) is 18.0 Å². The summed E-state index contributed by atoms with van der Waals surface area (Å²) in [5.41, 5.74) is 1.24. The van der Waals surface area contributed by atoms with Crippen molar-refractivity contribution < 1.29 is 9.90 Å². The number of fused-ring (bicyclic) bond motifs is 1. The molecule has 3 heterocycles. The summed E-state index contributed by atoms with van der Waals surface area (Å²) in [5.74, 6) is 0.0645. The molecular weight excluding hydrogens is 274 g/mol. The molecule has 1 aliphatic rings.